The smallest absolute Gasteiger partial charge is 0.123 e. The highest BCUT2D eigenvalue weighted by Gasteiger charge is 2.15. The van der Waals surface area contributed by atoms with Crippen molar-refractivity contribution < 1.29 is 9.50 Å². The molecule has 2 nitrogen and oxygen atoms in total. The van der Waals surface area contributed by atoms with Crippen molar-refractivity contribution in [1.82, 2.24) is 4.98 Å². The van der Waals surface area contributed by atoms with E-state index >= 15 is 0 Å². The van der Waals surface area contributed by atoms with Gasteiger partial charge in [-0.05, 0) is 31.5 Å². The molecule has 0 aliphatic heterocycles. The van der Waals surface area contributed by atoms with E-state index in [-0.39, 0.29) is 18.3 Å². The van der Waals surface area contributed by atoms with E-state index in [4.69, 9.17) is 0 Å². The third kappa shape index (κ3) is 2.94. The number of rotatable bonds is 4. The van der Waals surface area contributed by atoms with Gasteiger partial charge in [-0.1, -0.05) is 12.1 Å². The maximum atomic E-state index is 13.2. The van der Waals surface area contributed by atoms with Crippen molar-refractivity contribution in [2.45, 2.75) is 26.2 Å². The number of nitrogens with zero attached hydrogens (tertiary/aromatic N) is 1. The number of halogens is 1. The molecule has 2 aromatic rings. The highest BCUT2D eigenvalue weighted by atomic mass is 32.1. The van der Waals surface area contributed by atoms with Crippen LogP contribution in [-0.4, -0.2) is 16.7 Å². The summed E-state index contributed by atoms with van der Waals surface area (Å²) < 4.78 is 13.2. The molecule has 96 valence electrons. The molecule has 4 heteroatoms. The molecule has 0 amide bonds. The molecular weight excluding hydrogens is 249 g/mol. The summed E-state index contributed by atoms with van der Waals surface area (Å²) in [5, 5.41) is 10.5. The summed E-state index contributed by atoms with van der Waals surface area (Å²) in [5.41, 5.74) is 1.86. The number of benzene rings is 1. The number of aryl methyl sites for hydroxylation is 2. The van der Waals surface area contributed by atoms with Crippen LogP contribution in [0.2, 0.25) is 0 Å². The molecule has 1 aromatic carbocycles. The van der Waals surface area contributed by atoms with Gasteiger partial charge >= 0.3 is 0 Å². The standard InChI is InChI=1S/C14H16FNOS/c1-9-10(2)18-14(16-9)7-12(8-17)11-4-3-5-13(15)6-11/h3-6,12,17H,7-8H2,1-2H3. The molecule has 0 aliphatic rings. The van der Waals surface area contributed by atoms with Crippen LogP contribution in [0, 0.1) is 19.7 Å². The first-order valence-electron chi connectivity index (χ1n) is 5.89. The van der Waals surface area contributed by atoms with Gasteiger partial charge in [0.15, 0.2) is 0 Å². The summed E-state index contributed by atoms with van der Waals surface area (Å²) in [6, 6.07) is 6.41. The van der Waals surface area contributed by atoms with Crippen LogP contribution >= 0.6 is 11.3 Å². The molecule has 0 bridgehead atoms. The first kappa shape index (κ1) is 13.2. The van der Waals surface area contributed by atoms with Crippen LogP contribution < -0.4 is 0 Å². The Bertz CT molecular complexity index is 519. The normalized spacial score (nSPS) is 12.7. The van der Waals surface area contributed by atoms with Crippen LogP contribution in [0.4, 0.5) is 4.39 Å². The summed E-state index contributed by atoms with van der Waals surface area (Å²) in [6.45, 7) is 4.01. The summed E-state index contributed by atoms with van der Waals surface area (Å²) in [5.74, 6) is -0.358. The van der Waals surface area contributed by atoms with E-state index in [1.807, 2.05) is 19.9 Å². The molecule has 0 fully saturated rings. The second-order valence-electron chi connectivity index (χ2n) is 4.39. The Morgan fingerprint density at radius 3 is 2.72 bits per heavy atom. The number of aliphatic hydroxyl groups is 1. The Morgan fingerprint density at radius 2 is 2.17 bits per heavy atom. The van der Waals surface area contributed by atoms with Gasteiger partial charge in [-0.2, -0.15) is 0 Å². The van der Waals surface area contributed by atoms with E-state index in [0.717, 1.165) is 16.3 Å². The molecule has 1 atom stereocenters. The zero-order valence-electron chi connectivity index (χ0n) is 10.5. The van der Waals surface area contributed by atoms with Crippen LogP contribution in [0.25, 0.3) is 0 Å². The summed E-state index contributed by atoms with van der Waals surface area (Å²) >= 11 is 1.64. The van der Waals surface area contributed by atoms with Crippen molar-refractivity contribution in [2.75, 3.05) is 6.61 Å². The van der Waals surface area contributed by atoms with Gasteiger partial charge < -0.3 is 5.11 Å². The fourth-order valence-corrected chi connectivity index (χ4v) is 2.90. The minimum Gasteiger partial charge on any atom is -0.396 e. The van der Waals surface area contributed by atoms with E-state index in [1.165, 1.54) is 17.0 Å². The molecule has 1 aromatic heterocycles. The third-order valence-electron chi connectivity index (χ3n) is 3.03. The summed E-state index contributed by atoms with van der Waals surface area (Å²) in [7, 11) is 0. The van der Waals surface area contributed by atoms with Gasteiger partial charge in [0.1, 0.15) is 5.82 Å². The van der Waals surface area contributed by atoms with Gasteiger partial charge in [0.25, 0.3) is 0 Å². The first-order valence-corrected chi connectivity index (χ1v) is 6.71. The fourth-order valence-electron chi connectivity index (χ4n) is 1.89. The van der Waals surface area contributed by atoms with E-state index in [1.54, 1.807) is 17.4 Å². The van der Waals surface area contributed by atoms with Crippen LogP contribution in [-0.2, 0) is 6.42 Å². The zero-order valence-corrected chi connectivity index (χ0v) is 11.3. The molecule has 1 N–H and O–H groups in total. The average molecular weight is 265 g/mol. The number of hydrogen-bond acceptors (Lipinski definition) is 3. The Hall–Kier alpha value is -1.26. The van der Waals surface area contributed by atoms with Gasteiger partial charge in [-0.15, -0.1) is 11.3 Å². The van der Waals surface area contributed by atoms with E-state index < -0.39 is 0 Å². The number of thiazole rings is 1. The van der Waals surface area contributed by atoms with Crippen molar-refractivity contribution in [2.24, 2.45) is 0 Å². The Labute approximate surface area is 110 Å². The second kappa shape index (κ2) is 5.59. The van der Waals surface area contributed by atoms with Crippen LogP contribution in [0.3, 0.4) is 0 Å². The van der Waals surface area contributed by atoms with Crippen LogP contribution in [0.5, 0.6) is 0 Å². The fraction of sp³-hybridized carbons (Fsp3) is 0.357. The summed E-state index contributed by atoms with van der Waals surface area (Å²) in [6.07, 6.45) is 0.652. The molecular formula is C14H16FNOS. The van der Waals surface area contributed by atoms with E-state index in [9.17, 15) is 9.50 Å². The van der Waals surface area contributed by atoms with Crippen molar-refractivity contribution >= 4 is 11.3 Å². The Kier molecular flexibility index (Phi) is 4.09. The van der Waals surface area contributed by atoms with Gasteiger partial charge in [0.05, 0.1) is 17.3 Å². The van der Waals surface area contributed by atoms with Gasteiger partial charge in [0, 0.05) is 17.2 Å². The lowest BCUT2D eigenvalue weighted by atomic mass is 9.97. The highest BCUT2D eigenvalue weighted by Crippen LogP contribution is 2.25. The average Bonchev–Trinajstić information content (AvgIpc) is 2.65. The molecule has 1 unspecified atom stereocenters. The van der Waals surface area contributed by atoms with E-state index in [2.05, 4.69) is 4.98 Å². The molecule has 0 saturated carbocycles. The SMILES string of the molecule is Cc1nc(CC(CO)c2cccc(F)c2)sc1C. The highest BCUT2D eigenvalue weighted by molar-refractivity contribution is 7.11. The molecule has 2 rings (SSSR count). The number of aromatic nitrogens is 1. The predicted octanol–water partition coefficient (Wildman–Crippen LogP) is 3.22. The van der Waals surface area contributed by atoms with Crippen molar-refractivity contribution in [3.63, 3.8) is 0 Å². The first-order chi connectivity index (χ1) is 8.60. The molecule has 1 heterocycles. The minimum absolute atomic E-state index is 0.00112. The molecule has 0 aliphatic carbocycles. The van der Waals surface area contributed by atoms with Gasteiger partial charge in [0.2, 0.25) is 0 Å². The third-order valence-corrected chi connectivity index (χ3v) is 4.13. The lowest BCUT2D eigenvalue weighted by Crippen LogP contribution is -2.08. The van der Waals surface area contributed by atoms with Crippen molar-refractivity contribution in [3.8, 4) is 0 Å². The zero-order chi connectivity index (χ0) is 13.1. The molecule has 0 radical (unpaired) electrons. The van der Waals surface area contributed by atoms with Crippen molar-refractivity contribution in [3.05, 3.63) is 51.2 Å². The number of hydrogen-bond donors (Lipinski definition) is 1. The lowest BCUT2D eigenvalue weighted by Gasteiger charge is -2.12. The molecule has 0 spiro atoms. The Balaban J connectivity index is 2.19. The maximum absolute atomic E-state index is 13.2. The molecule has 18 heavy (non-hydrogen) atoms. The molecule has 0 saturated heterocycles. The monoisotopic (exact) mass is 265 g/mol. The second-order valence-corrected chi connectivity index (χ2v) is 5.68. The van der Waals surface area contributed by atoms with Gasteiger partial charge in [-0.25, -0.2) is 9.37 Å². The lowest BCUT2D eigenvalue weighted by molar-refractivity contribution is 0.264. The van der Waals surface area contributed by atoms with Crippen molar-refractivity contribution in [1.29, 1.82) is 0 Å². The quantitative estimate of drug-likeness (QED) is 0.920. The Morgan fingerprint density at radius 1 is 1.39 bits per heavy atom. The maximum Gasteiger partial charge on any atom is 0.123 e. The summed E-state index contributed by atoms with van der Waals surface area (Å²) in [4.78, 5) is 5.65. The van der Waals surface area contributed by atoms with Crippen LogP contribution in [0.15, 0.2) is 24.3 Å². The number of aliphatic hydroxyl groups excluding tert-OH is 1. The van der Waals surface area contributed by atoms with Crippen LogP contribution in [0.1, 0.15) is 27.1 Å². The van der Waals surface area contributed by atoms with E-state index in [0.29, 0.717) is 6.42 Å². The van der Waals surface area contributed by atoms with Gasteiger partial charge in [-0.3, -0.25) is 0 Å². The predicted molar refractivity (Wildman–Crippen MR) is 71.5 cm³/mol. The topological polar surface area (TPSA) is 33.1 Å². The largest absolute Gasteiger partial charge is 0.396 e. The minimum atomic E-state index is -0.266.